The van der Waals surface area contributed by atoms with E-state index >= 15 is 0 Å². The van der Waals surface area contributed by atoms with Gasteiger partial charge in [0.1, 0.15) is 0 Å². The molecule has 0 heterocycles. The van der Waals surface area contributed by atoms with E-state index in [9.17, 15) is 13.2 Å². The van der Waals surface area contributed by atoms with Gasteiger partial charge in [0, 0.05) is 0 Å². The lowest BCUT2D eigenvalue weighted by molar-refractivity contribution is -0.173. The molecule has 0 spiro atoms. The van der Waals surface area contributed by atoms with Crippen molar-refractivity contribution in [2.75, 3.05) is 0 Å². The van der Waals surface area contributed by atoms with Gasteiger partial charge in [0.25, 0.3) is 0 Å². The van der Waals surface area contributed by atoms with Crippen LogP contribution in [-0.2, 0) is 0 Å². The highest BCUT2D eigenvalue weighted by Crippen LogP contribution is 2.30. The van der Waals surface area contributed by atoms with Crippen LogP contribution in [-0.4, -0.2) is 6.18 Å². The maximum atomic E-state index is 11.8. The van der Waals surface area contributed by atoms with Crippen molar-refractivity contribution in [3.8, 4) is 0 Å². The average Bonchev–Trinajstić information content (AvgIpc) is 1.60. The molecule has 0 bridgehead atoms. The minimum atomic E-state index is -4.01. The molecular formula is C7H13F3. The maximum Gasteiger partial charge on any atom is 0.391 e. The van der Waals surface area contributed by atoms with Crippen molar-refractivity contribution in [2.24, 2.45) is 11.8 Å². The molecule has 0 aromatic heterocycles. The van der Waals surface area contributed by atoms with E-state index < -0.39 is 12.1 Å². The highest BCUT2D eigenvalue weighted by atomic mass is 19.4. The third-order valence-corrected chi connectivity index (χ3v) is 1.38. The van der Waals surface area contributed by atoms with Crippen molar-refractivity contribution in [2.45, 2.75) is 33.4 Å². The van der Waals surface area contributed by atoms with Crippen LogP contribution in [0.4, 0.5) is 13.2 Å². The van der Waals surface area contributed by atoms with Gasteiger partial charge in [0.05, 0.1) is 5.92 Å². The van der Waals surface area contributed by atoms with Crippen molar-refractivity contribution in [3.63, 3.8) is 0 Å². The zero-order chi connectivity index (χ0) is 8.36. The summed E-state index contributed by atoms with van der Waals surface area (Å²) in [5, 5.41) is 0. The largest absolute Gasteiger partial charge is 0.391 e. The lowest BCUT2D eigenvalue weighted by Gasteiger charge is -2.16. The van der Waals surface area contributed by atoms with Gasteiger partial charge in [0.15, 0.2) is 0 Å². The topological polar surface area (TPSA) is 0 Å². The Labute approximate surface area is 59.4 Å². The predicted molar refractivity (Wildman–Crippen MR) is 34.7 cm³/mol. The first-order chi connectivity index (χ1) is 4.34. The third kappa shape index (κ3) is 3.75. The van der Waals surface area contributed by atoms with Gasteiger partial charge in [-0.15, -0.1) is 0 Å². The van der Waals surface area contributed by atoms with Crippen LogP contribution in [0.3, 0.4) is 0 Å². The van der Waals surface area contributed by atoms with Gasteiger partial charge < -0.3 is 0 Å². The average molecular weight is 154 g/mol. The quantitative estimate of drug-likeness (QED) is 0.572. The molecule has 1 unspecified atom stereocenters. The van der Waals surface area contributed by atoms with Crippen LogP contribution in [0.25, 0.3) is 0 Å². The molecule has 0 nitrogen and oxygen atoms in total. The van der Waals surface area contributed by atoms with E-state index in [2.05, 4.69) is 0 Å². The van der Waals surface area contributed by atoms with Crippen LogP contribution in [0.5, 0.6) is 0 Å². The molecule has 3 heteroatoms. The molecule has 0 saturated heterocycles. The molecule has 0 saturated carbocycles. The molecule has 1 atom stereocenters. The van der Waals surface area contributed by atoms with E-state index in [0.717, 1.165) is 0 Å². The first kappa shape index (κ1) is 9.79. The van der Waals surface area contributed by atoms with Crippen molar-refractivity contribution in [3.05, 3.63) is 0 Å². The zero-order valence-electron chi connectivity index (χ0n) is 6.50. The van der Waals surface area contributed by atoms with Crippen LogP contribution < -0.4 is 0 Å². The van der Waals surface area contributed by atoms with Crippen molar-refractivity contribution < 1.29 is 13.2 Å². The van der Waals surface area contributed by atoms with Gasteiger partial charge in [-0.1, -0.05) is 20.8 Å². The van der Waals surface area contributed by atoms with E-state index in [1.54, 1.807) is 13.8 Å². The highest BCUT2D eigenvalue weighted by Gasteiger charge is 2.35. The molecule has 0 aliphatic carbocycles. The Morgan fingerprint density at radius 3 is 1.60 bits per heavy atom. The van der Waals surface area contributed by atoms with E-state index in [0.29, 0.717) is 0 Å². The highest BCUT2D eigenvalue weighted by molar-refractivity contribution is 4.63. The number of alkyl halides is 3. The zero-order valence-corrected chi connectivity index (χ0v) is 6.50. The van der Waals surface area contributed by atoms with Crippen LogP contribution in [0, 0.1) is 11.8 Å². The first-order valence-corrected chi connectivity index (χ1v) is 3.40. The fourth-order valence-electron chi connectivity index (χ4n) is 0.841. The summed E-state index contributed by atoms with van der Waals surface area (Å²) in [6.07, 6.45) is -3.78. The Bertz CT molecular complexity index is 93.5. The van der Waals surface area contributed by atoms with Crippen molar-refractivity contribution in [1.82, 2.24) is 0 Å². The minimum absolute atomic E-state index is 0.122. The minimum Gasteiger partial charge on any atom is -0.171 e. The molecule has 0 aromatic carbocycles. The molecule has 0 amide bonds. The molecule has 0 fully saturated rings. The second kappa shape index (κ2) is 3.26. The number of hydrogen-bond donors (Lipinski definition) is 0. The Kier molecular flexibility index (Phi) is 3.19. The molecule has 0 radical (unpaired) electrons. The Morgan fingerprint density at radius 1 is 1.10 bits per heavy atom. The van der Waals surface area contributed by atoms with Gasteiger partial charge in [-0.3, -0.25) is 0 Å². The molecule has 0 aliphatic rings. The van der Waals surface area contributed by atoms with Crippen molar-refractivity contribution >= 4 is 0 Å². The second-order valence-corrected chi connectivity index (χ2v) is 3.07. The molecule has 0 rings (SSSR count). The number of rotatable bonds is 2. The summed E-state index contributed by atoms with van der Waals surface area (Å²) in [5.41, 5.74) is 0. The lowest BCUT2D eigenvalue weighted by atomic mass is 9.99. The summed E-state index contributed by atoms with van der Waals surface area (Å²) < 4.78 is 35.4. The predicted octanol–water partition coefficient (Wildman–Crippen LogP) is 3.23. The fourth-order valence-corrected chi connectivity index (χ4v) is 0.841. The molecule has 62 valence electrons. The summed E-state index contributed by atoms with van der Waals surface area (Å²) in [7, 11) is 0. The van der Waals surface area contributed by atoms with E-state index in [1.165, 1.54) is 6.92 Å². The van der Waals surface area contributed by atoms with Gasteiger partial charge in [-0.05, 0) is 12.3 Å². The summed E-state index contributed by atoms with van der Waals surface area (Å²) in [4.78, 5) is 0. The van der Waals surface area contributed by atoms with Gasteiger partial charge >= 0.3 is 6.18 Å². The van der Waals surface area contributed by atoms with Gasteiger partial charge in [0.2, 0.25) is 0 Å². The number of hydrogen-bond acceptors (Lipinski definition) is 0. The van der Waals surface area contributed by atoms with Crippen LogP contribution in [0.2, 0.25) is 0 Å². The maximum absolute atomic E-state index is 11.8. The Hall–Kier alpha value is -0.210. The van der Waals surface area contributed by atoms with Gasteiger partial charge in [-0.2, -0.15) is 13.2 Å². The molecule has 10 heavy (non-hydrogen) atoms. The lowest BCUT2D eigenvalue weighted by Crippen LogP contribution is -2.21. The third-order valence-electron chi connectivity index (χ3n) is 1.38. The van der Waals surface area contributed by atoms with E-state index in [4.69, 9.17) is 0 Å². The number of halogens is 3. The van der Waals surface area contributed by atoms with Gasteiger partial charge in [-0.25, -0.2) is 0 Å². The normalized spacial score (nSPS) is 15.9. The monoisotopic (exact) mass is 154 g/mol. The summed E-state index contributed by atoms with van der Waals surface area (Å²) >= 11 is 0. The molecular weight excluding hydrogens is 141 g/mol. The summed E-state index contributed by atoms with van der Waals surface area (Å²) in [6, 6.07) is 0. The standard InChI is InChI=1S/C7H13F3/c1-5(2)4-6(3)7(8,9)10/h5-6H,4H2,1-3H3. The Balaban J connectivity index is 3.73. The van der Waals surface area contributed by atoms with Crippen LogP contribution >= 0.6 is 0 Å². The molecule has 0 aromatic rings. The Morgan fingerprint density at radius 2 is 1.50 bits per heavy atom. The summed E-state index contributed by atoms with van der Waals surface area (Å²) in [6.45, 7) is 4.81. The molecule has 0 N–H and O–H groups in total. The molecule has 0 aliphatic heterocycles. The van der Waals surface area contributed by atoms with E-state index in [-0.39, 0.29) is 12.3 Å². The fraction of sp³-hybridized carbons (Fsp3) is 1.00. The van der Waals surface area contributed by atoms with Crippen LogP contribution in [0.15, 0.2) is 0 Å². The summed E-state index contributed by atoms with van der Waals surface area (Å²) in [5.74, 6) is -1.04. The first-order valence-electron chi connectivity index (χ1n) is 3.40. The van der Waals surface area contributed by atoms with Crippen molar-refractivity contribution in [1.29, 1.82) is 0 Å². The second-order valence-electron chi connectivity index (χ2n) is 3.07. The smallest absolute Gasteiger partial charge is 0.171 e. The van der Waals surface area contributed by atoms with Crippen LogP contribution in [0.1, 0.15) is 27.2 Å². The SMILES string of the molecule is CC(C)CC(C)C(F)(F)F. The van der Waals surface area contributed by atoms with E-state index in [1.807, 2.05) is 0 Å².